The van der Waals surface area contributed by atoms with E-state index in [9.17, 15) is 32.7 Å². The van der Waals surface area contributed by atoms with Gasteiger partial charge in [0.05, 0.1) is 83.4 Å². The van der Waals surface area contributed by atoms with Crippen LogP contribution in [0, 0.1) is 27.7 Å². The largest absolute Gasteiger partial charge is 0.496 e. The molecular weight excluding hydrogens is 810 g/mol. The van der Waals surface area contributed by atoms with Gasteiger partial charge in [0.25, 0.3) is 11.1 Å². The highest BCUT2D eigenvalue weighted by atomic mass is 19.4. The molecule has 14 nitrogen and oxygen atoms in total. The van der Waals surface area contributed by atoms with E-state index in [0.29, 0.717) is 73.9 Å². The number of hydrogen-bond acceptors (Lipinski definition) is 12. The third-order valence-corrected chi connectivity index (χ3v) is 10.3. The minimum atomic E-state index is -5.01. The molecule has 0 bridgehead atoms. The maximum Gasteiger partial charge on any atom is 0.418 e. The fraction of sp³-hybridized carbons (Fsp3) is 0.222. The summed E-state index contributed by atoms with van der Waals surface area (Å²) in [6, 6.07) is 20.1. The van der Waals surface area contributed by atoms with Gasteiger partial charge < -0.3 is 32.8 Å². The molecule has 0 aliphatic heterocycles. The van der Waals surface area contributed by atoms with E-state index in [2.05, 4.69) is 20.3 Å². The van der Waals surface area contributed by atoms with Crippen LogP contribution in [0.1, 0.15) is 56.3 Å². The molecule has 0 spiro atoms. The third-order valence-electron chi connectivity index (χ3n) is 10.3. The number of aliphatic hydroxyl groups is 1. The Balaban J connectivity index is 0.000000188. The number of ether oxygens (including phenoxy) is 2. The first-order valence-electron chi connectivity index (χ1n) is 19.0. The first-order chi connectivity index (χ1) is 29.6. The van der Waals surface area contributed by atoms with Crippen LogP contribution in [0.4, 0.5) is 13.2 Å². The Kier molecular flexibility index (Phi) is 11.9. The van der Waals surface area contributed by atoms with Gasteiger partial charge in [-0.15, -0.1) is 0 Å². The van der Waals surface area contributed by atoms with Crippen LogP contribution >= 0.6 is 0 Å². The van der Waals surface area contributed by atoms with Gasteiger partial charge in [-0.1, -0.05) is 22.4 Å². The standard InChI is InChI=1S/C23H20F3N3O4.C22H19N3O4/c1-12-20(13(2)33-28-12)16-8-14-9-17(21(30)23(24,25)26)22(31)29(18(14)10-19(16)32-3)11-15-6-4-5-7-27-15;1-13-21(14(2)29-24-13)18-9-15-8-16(12-26)22(27)25(19(15)10-20(18)28-3)11-17-6-4-5-7-23-17/h4-10,21,30H,11H2,1-3H3;4-10,12H,11H2,1-3H3. The SMILES string of the molecule is COc1cc2c(cc1-c1c(C)noc1C)cc(C(O)C(F)(F)F)c(=O)n2Cc1ccccn1.COc1cc2c(cc1-c1c(C)noc1C)cc(C=O)c(=O)n2Cc1ccccn1. The number of carbonyl (C=O) groups excluding carboxylic acids is 1. The van der Waals surface area contributed by atoms with Crippen molar-refractivity contribution in [2.75, 3.05) is 14.2 Å². The molecule has 0 radical (unpaired) electrons. The highest BCUT2D eigenvalue weighted by molar-refractivity contribution is 5.93. The number of benzene rings is 2. The molecule has 6 heterocycles. The molecule has 8 rings (SSSR count). The van der Waals surface area contributed by atoms with Crippen LogP contribution < -0.4 is 20.6 Å². The fourth-order valence-corrected chi connectivity index (χ4v) is 7.40. The minimum absolute atomic E-state index is 0.0864. The summed E-state index contributed by atoms with van der Waals surface area (Å²) in [7, 11) is 3.02. The van der Waals surface area contributed by atoms with Gasteiger partial charge in [-0.2, -0.15) is 13.2 Å². The summed E-state index contributed by atoms with van der Waals surface area (Å²) < 4.78 is 64.4. The van der Waals surface area contributed by atoms with Crippen LogP contribution in [-0.4, -0.2) is 61.2 Å². The van der Waals surface area contributed by atoms with Crippen LogP contribution in [0.15, 0.2) is 104 Å². The van der Waals surface area contributed by atoms with Crippen molar-refractivity contribution in [1.29, 1.82) is 0 Å². The first-order valence-corrected chi connectivity index (χ1v) is 19.0. The van der Waals surface area contributed by atoms with E-state index < -0.39 is 23.4 Å². The summed E-state index contributed by atoms with van der Waals surface area (Å²) in [5.41, 5.74) is 4.23. The Bertz CT molecular complexity index is 3030. The number of hydrogen-bond donors (Lipinski definition) is 1. The number of aldehydes is 1. The minimum Gasteiger partial charge on any atom is -0.496 e. The summed E-state index contributed by atoms with van der Waals surface area (Å²) in [6.45, 7) is 7.27. The molecule has 1 unspecified atom stereocenters. The van der Waals surface area contributed by atoms with E-state index in [1.807, 2.05) is 38.1 Å². The molecule has 6 aromatic heterocycles. The van der Waals surface area contributed by atoms with Crippen LogP contribution in [0.2, 0.25) is 0 Å². The predicted molar refractivity (Wildman–Crippen MR) is 223 cm³/mol. The number of halogens is 3. The monoisotopic (exact) mass is 848 g/mol. The molecule has 0 saturated carbocycles. The average molecular weight is 849 g/mol. The van der Waals surface area contributed by atoms with Gasteiger partial charge in [0.2, 0.25) is 0 Å². The number of carbonyl (C=O) groups is 1. The molecular formula is C45H39F3N6O8. The van der Waals surface area contributed by atoms with E-state index in [-0.39, 0.29) is 24.2 Å². The van der Waals surface area contributed by atoms with Crippen molar-refractivity contribution in [3.63, 3.8) is 0 Å². The molecule has 0 saturated heterocycles. The van der Waals surface area contributed by atoms with Crippen LogP contribution in [-0.2, 0) is 13.1 Å². The normalized spacial score (nSPS) is 12.0. The second-order valence-electron chi connectivity index (χ2n) is 14.3. The van der Waals surface area contributed by atoms with Crippen molar-refractivity contribution in [2.24, 2.45) is 0 Å². The third kappa shape index (κ3) is 8.21. The zero-order chi connectivity index (χ0) is 44.5. The van der Waals surface area contributed by atoms with Crippen molar-refractivity contribution in [1.82, 2.24) is 29.4 Å². The zero-order valence-electron chi connectivity index (χ0n) is 34.3. The molecule has 17 heteroatoms. The highest BCUT2D eigenvalue weighted by Crippen LogP contribution is 2.40. The van der Waals surface area contributed by atoms with Crippen molar-refractivity contribution in [3.05, 3.63) is 151 Å². The molecule has 2 aromatic carbocycles. The van der Waals surface area contributed by atoms with E-state index in [0.717, 1.165) is 32.8 Å². The predicted octanol–water partition coefficient (Wildman–Crippen LogP) is 7.86. The molecule has 1 atom stereocenters. The number of methoxy groups -OCH3 is 2. The van der Waals surface area contributed by atoms with Crippen molar-refractivity contribution >= 4 is 28.1 Å². The Labute approximate surface area is 350 Å². The van der Waals surface area contributed by atoms with Crippen molar-refractivity contribution in [2.45, 2.75) is 53.1 Å². The highest BCUT2D eigenvalue weighted by Gasteiger charge is 2.41. The van der Waals surface area contributed by atoms with E-state index in [1.165, 1.54) is 13.3 Å². The summed E-state index contributed by atoms with van der Waals surface area (Å²) in [4.78, 5) is 46.0. The van der Waals surface area contributed by atoms with E-state index in [1.54, 1.807) is 74.2 Å². The number of aliphatic hydroxyl groups excluding tert-OH is 1. The van der Waals surface area contributed by atoms with Crippen molar-refractivity contribution in [3.8, 4) is 33.8 Å². The molecule has 1 N–H and O–H groups in total. The maximum atomic E-state index is 13.3. The number of alkyl halides is 3. The van der Waals surface area contributed by atoms with Gasteiger partial charge in [0.15, 0.2) is 12.4 Å². The maximum absolute atomic E-state index is 13.3. The van der Waals surface area contributed by atoms with Crippen LogP contribution in [0.25, 0.3) is 44.1 Å². The number of rotatable bonds is 10. The second kappa shape index (κ2) is 17.3. The lowest BCUT2D eigenvalue weighted by Crippen LogP contribution is -2.31. The van der Waals surface area contributed by atoms with Gasteiger partial charge in [-0.25, -0.2) is 0 Å². The molecule has 318 valence electrons. The first kappa shape index (κ1) is 42.7. The van der Waals surface area contributed by atoms with E-state index >= 15 is 0 Å². The van der Waals surface area contributed by atoms with E-state index in [4.69, 9.17) is 18.5 Å². The lowest BCUT2D eigenvalue weighted by Gasteiger charge is -2.19. The fourth-order valence-electron chi connectivity index (χ4n) is 7.40. The zero-order valence-corrected chi connectivity index (χ0v) is 34.3. The number of pyridine rings is 4. The van der Waals surface area contributed by atoms with Gasteiger partial charge in [-0.3, -0.25) is 24.4 Å². The lowest BCUT2D eigenvalue weighted by atomic mass is 9.98. The van der Waals surface area contributed by atoms with Crippen molar-refractivity contribution < 1.29 is 41.6 Å². The van der Waals surface area contributed by atoms with Gasteiger partial charge >= 0.3 is 6.18 Å². The Morgan fingerprint density at radius 1 is 0.710 bits per heavy atom. The summed E-state index contributed by atoms with van der Waals surface area (Å²) in [5, 5.41) is 18.9. The summed E-state index contributed by atoms with van der Waals surface area (Å²) >= 11 is 0. The molecule has 0 aliphatic rings. The molecule has 62 heavy (non-hydrogen) atoms. The smallest absolute Gasteiger partial charge is 0.418 e. The number of nitrogens with zero attached hydrogens (tertiary/aromatic N) is 6. The molecule has 0 fully saturated rings. The van der Waals surface area contributed by atoms with Gasteiger partial charge in [0, 0.05) is 41.0 Å². The Morgan fingerprint density at radius 3 is 1.56 bits per heavy atom. The second-order valence-corrected chi connectivity index (χ2v) is 14.3. The van der Waals surface area contributed by atoms with Gasteiger partial charge in [-0.05, 0) is 81.6 Å². The average Bonchev–Trinajstić information content (AvgIpc) is 3.79. The quantitative estimate of drug-likeness (QED) is 0.132. The molecule has 8 aromatic rings. The van der Waals surface area contributed by atoms with Crippen LogP contribution in [0.5, 0.6) is 11.5 Å². The lowest BCUT2D eigenvalue weighted by molar-refractivity contribution is -0.207. The topological polar surface area (TPSA) is 178 Å². The van der Waals surface area contributed by atoms with Gasteiger partial charge in [0.1, 0.15) is 23.0 Å². The molecule has 0 aliphatic carbocycles. The number of aryl methyl sites for hydroxylation is 4. The number of fused-ring (bicyclic) bond motifs is 2. The Hall–Kier alpha value is -7.40. The summed E-state index contributed by atoms with van der Waals surface area (Å²) in [6.07, 6.45) is -4.17. The molecule has 0 amide bonds. The van der Waals surface area contributed by atoms with Crippen LogP contribution in [0.3, 0.4) is 0 Å². The Morgan fingerprint density at radius 2 is 1.18 bits per heavy atom. The summed E-state index contributed by atoms with van der Waals surface area (Å²) in [5.74, 6) is 2.13. The number of aromatic nitrogens is 6.